The molecular formula is C12H14F3N3O. The molecule has 0 aliphatic heterocycles. The van der Waals surface area contributed by atoms with E-state index in [0.29, 0.717) is 5.82 Å². The lowest BCUT2D eigenvalue weighted by molar-refractivity contribution is -0.137. The van der Waals surface area contributed by atoms with Gasteiger partial charge in [-0.25, -0.2) is 4.98 Å². The van der Waals surface area contributed by atoms with Gasteiger partial charge in [-0.2, -0.15) is 13.2 Å². The highest BCUT2D eigenvalue weighted by molar-refractivity contribution is 5.81. The number of hydrogen-bond donors (Lipinski definition) is 1. The van der Waals surface area contributed by atoms with Crippen LogP contribution in [0.2, 0.25) is 0 Å². The van der Waals surface area contributed by atoms with Crippen LogP contribution in [0.4, 0.5) is 19.0 Å². The van der Waals surface area contributed by atoms with Gasteiger partial charge in [0, 0.05) is 19.3 Å². The number of amides is 1. The molecule has 1 heterocycles. The zero-order valence-electron chi connectivity index (χ0n) is 10.4. The van der Waals surface area contributed by atoms with E-state index in [1.54, 1.807) is 7.05 Å². The Labute approximate surface area is 108 Å². The Morgan fingerprint density at radius 3 is 2.63 bits per heavy atom. The summed E-state index contributed by atoms with van der Waals surface area (Å²) in [5, 5.41) is 2.80. The first-order chi connectivity index (χ1) is 8.86. The lowest BCUT2D eigenvalue weighted by Gasteiger charge is -2.18. The largest absolute Gasteiger partial charge is 0.417 e. The molecule has 0 radical (unpaired) electrons. The fourth-order valence-corrected chi connectivity index (χ4v) is 1.58. The summed E-state index contributed by atoms with van der Waals surface area (Å²) in [5.41, 5.74) is -0.799. The van der Waals surface area contributed by atoms with Crippen LogP contribution >= 0.6 is 0 Å². The first kappa shape index (κ1) is 13.6. The molecule has 0 saturated heterocycles. The van der Waals surface area contributed by atoms with Crippen LogP contribution in [-0.4, -0.2) is 30.5 Å². The maximum atomic E-state index is 12.4. The summed E-state index contributed by atoms with van der Waals surface area (Å²) in [7, 11) is 1.61. The van der Waals surface area contributed by atoms with Gasteiger partial charge in [0.15, 0.2) is 0 Å². The van der Waals surface area contributed by atoms with Gasteiger partial charge < -0.3 is 10.2 Å². The van der Waals surface area contributed by atoms with Gasteiger partial charge in [0.25, 0.3) is 0 Å². The number of carbonyl (C=O) groups is 1. The number of alkyl halides is 3. The summed E-state index contributed by atoms with van der Waals surface area (Å²) >= 11 is 0. The van der Waals surface area contributed by atoms with Gasteiger partial charge in [0.05, 0.1) is 12.1 Å². The van der Waals surface area contributed by atoms with Crippen LogP contribution in [0, 0.1) is 0 Å². The average molecular weight is 273 g/mol. The van der Waals surface area contributed by atoms with Crippen molar-refractivity contribution in [3.8, 4) is 0 Å². The highest BCUT2D eigenvalue weighted by Crippen LogP contribution is 2.29. The summed E-state index contributed by atoms with van der Waals surface area (Å²) in [4.78, 5) is 16.8. The second-order valence-electron chi connectivity index (χ2n) is 4.60. The molecule has 0 bridgehead atoms. The number of pyridine rings is 1. The summed E-state index contributed by atoms with van der Waals surface area (Å²) in [5.74, 6) is 0.186. The van der Waals surface area contributed by atoms with Crippen molar-refractivity contribution in [2.24, 2.45) is 0 Å². The maximum absolute atomic E-state index is 12.4. The Balaban J connectivity index is 1.94. The molecule has 1 N–H and O–H groups in total. The Hall–Kier alpha value is -1.79. The van der Waals surface area contributed by atoms with E-state index in [-0.39, 0.29) is 18.5 Å². The Morgan fingerprint density at radius 1 is 1.47 bits per heavy atom. The molecule has 2 rings (SSSR count). The molecule has 1 aliphatic rings. The fraction of sp³-hybridized carbons (Fsp3) is 0.500. The molecule has 0 spiro atoms. The summed E-state index contributed by atoms with van der Waals surface area (Å²) in [6.07, 6.45) is -1.64. The number of nitrogens with zero attached hydrogens (tertiary/aromatic N) is 2. The number of hydrogen-bond acceptors (Lipinski definition) is 3. The number of likely N-dealkylation sites (N-methyl/N-ethyl adjacent to an activating group) is 1. The Bertz CT molecular complexity index is 454. The van der Waals surface area contributed by atoms with Crippen molar-refractivity contribution in [2.45, 2.75) is 25.1 Å². The Kier molecular flexibility index (Phi) is 3.64. The van der Waals surface area contributed by atoms with Crippen molar-refractivity contribution in [1.82, 2.24) is 10.3 Å². The number of halogens is 3. The monoisotopic (exact) mass is 273 g/mol. The predicted molar refractivity (Wildman–Crippen MR) is 63.7 cm³/mol. The standard InChI is InChI=1S/C12H14F3N3O/c1-18(7-11(19)17-9-3-4-9)10-5-2-8(6-16-10)12(13,14)15/h2,5-6,9H,3-4,7H2,1H3,(H,17,19). The molecule has 0 atom stereocenters. The second kappa shape index (κ2) is 5.07. The molecule has 1 fully saturated rings. The fourth-order valence-electron chi connectivity index (χ4n) is 1.58. The lowest BCUT2D eigenvalue weighted by Crippen LogP contribution is -2.36. The number of aromatic nitrogens is 1. The van der Waals surface area contributed by atoms with E-state index >= 15 is 0 Å². The third-order valence-corrected chi connectivity index (χ3v) is 2.79. The molecule has 1 aromatic rings. The topological polar surface area (TPSA) is 45.2 Å². The smallest absolute Gasteiger partial charge is 0.352 e. The van der Waals surface area contributed by atoms with Gasteiger partial charge in [-0.15, -0.1) is 0 Å². The van der Waals surface area contributed by atoms with Gasteiger partial charge in [-0.05, 0) is 25.0 Å². The highest BCUT2D eigenvalue weighted by Gasteiger charge is 2.31. The maximum Gasteiger partial charge on any atom is 0.417 e. The lowest BCUT2D eigenvalue weighted by atomic mass is 10.2. The molecule has 19 heavy (non-hydrogen) atoms. The van der Waals surface area contributed by atoms with Crippen molar-refractivity contribution in [3.63, 3.8) is 0 Å². The molecule has 4 nitrogen and oxygen atoms in total. The van der Waals surface area contributed by atoms with Crippen LogP contribution in [0.25, 0.3) is 0 Å². The van der Waals surface area contributed by atoms with Crippen molar-refractivity contribution in [3.05, 3.63) is 23.9 Å². The summed E-state index contributed by atoms with van der Waals surface area (Å²) in [6, 6.07) is 2.48. The number of rotatable bonds is 4. The van der Waals surface area contributed by atoms with E-state index < -0.39 is 11.7 Å². The minimum atomic E-state index is -4.40. The number of carbonyl (C=O) groups excluding carboxylic acids is 1. The zero-order valence-corrected chi connectivity index (χ0v) is 10.4. The van der Waals surface area contributed by atoms with E-state index in [1.165, 1.54) is 11.0 Å². The molecule has 0 aromatic carbocycles. The minimum Gasteiger partial charge on any atom is -0.352 e. The summed E-state index contributed by atoms with van der Waals surface area (Å²) < 4.78 is 37.1. The van der Waals surface area contributed by atoms with E-state index in [9.17, 15) is 18.0 Å². The minimum absolute atomic E-state index is 0.0782. The van der Waals surface area contributed by atoms with Gasteiger partial charge in [-0.3, -0.25) is 4.79 Å². The third-order valence-electron chi connectivity index (χ3n) is 2.79. The van der Waals surface area contributed by atoms with E-state index in [2.05, 4.69) is 10.3 Å². The molecule has 1 aliphatic carbocycles. The highest BCUT2D eigenvalue weighted by atomic mass is 19.4. The van der Waals surface area contributed by atoms with Crippen molar-refractivity contribution < 1.29 is 18.0 Å². The van der Waals surface area contributed by atoms with Crippen LogP contribution < -0.4 is 10.2 Å². The third kappa shape index (κ3) is 3.84. The van der Waals surface area contributed by atoms with Crippen LogP contribution in [-0.2, 0) is 11.0 Å². The molecule has 7 heteroatoms. The first-order valence-corrected chi connectivity index (χ1v) is 5.90. The number of nitrogens with one attached hydrogen (secondary N) is 1. The zero-order chi connectivity index (χ0) is 14.0. The van der Waals surface area contributed by atoms with Gasteiger partial charge in [0.1, 0.15) is 5.82 Å². The van der Waals surface area contributed by atoms with E-state index in [1.807, 2.05) is 0 Å². The molecule has 1 saturated carbocycles. The Morgan fingerprint density at radius 2 is 2.16 bits per heavy atom. The average Bonchev–Trinajstić information content (AvgIpc) is 3.11. The van der Waals surface area contributed by atoms with Crippen molar-refractivity contribution in [1.29, 1.82) is 0 Å². The molecule has 0 unspecified atom stereocenters. The van der Waals surface area contributed by atoms with E-state index in [4.69, 9.17) is 0 Å². The quantitative estimate of drug-likeness (QED) is 0.910. The van der Waals surface area contributed by atoms with Crippen LogP contribution in [0.15, 0.2) is 18.3 Å². The number of anilines is 1. The SMILES string of the molecule is CN(CC(=O)NC1CC1)c1ccc(C(F)(F)F)cn1. The van der Waals surface area contributed by atoms with Crippen molar-refractivity contribution >= 4 is 11.7 Å². The molecule has 1 amide bonds. The normalized spacial score (nSPS) is 15.2. The molecule has 104 valence electrons. The van der Waals surface area contributed by atoms with Gasteiger partial charge in [-0.1, -0.05) is 0 Å². The van der Waals surface area contributed by atoms with Gasteiger partial charge in [0.2, 0.25) is 5.91 Å². The molecule has 1 aromatic heterocycles. The molecular weight excluding hydrogens is 259 g/mol. The van der Waals surface area contributed by atoms with Crippen LogP contribution in [0.5, 0.6) is 0 Å². The summed E-state index contributed by atoms with van der Waals surface area (Å²) in [6.45, 7) is 0.0782. The first-order valence-electron chi connectivity index (χ1n) is 5.90. The second-order valence-corrected chi connectivity index (χ2v) is 4.60. The van der Waals surface area contributed by atoms with Crippen molar-refractivity contribution in [2.75, 3.05) is 18.5 Å². The predicted octanol–water partition coefficient (Wildman–Crippen LogP) is 1.82. The van der Waals surface area contributed by atoms with E-state index in [0.717, 1.165) is 25.1 Å². The van der Waals surface area contributed by atoms with Gasteiger partial charge >= 0.3 is 6.18 Å². The van der Waals surface area contributed by atoms with Crippen LogP contribution in [0.1, 0.15) is 18.4 Å². The van der Waals surface area contributed by atoms with Crippen LogP contribution in [0.3, 0.4) is 0 Å².